The first kappa shape index (κ1) is 15.9. The lowest BCUT2D eigenvalue weighted by Gasteiger charge is -2.27. The zero-order valence-corrected chi connectivity index (χ0v) is 13.5. The van der Waals surface area contributed by atoms with Crippen molar-refractivity contribution in [1.82, 2.24) is 0 Å². The van der Waals surface area contributed by atoms with Gasteiger partial charge in [0.25, 0.3) is 0 Å². The Morgan fingerprint density at radius 2 is 1.90 bits per heavy atom. The summed E-state index contributed by atoms with van der Waals surface area (Å²) in [4.78, 5) is 12.4. The Morgan fingerprint density at radius 1 is 1.20 bits per heavy atom. The van der Waals surface area contributed by atoms with E-state index in [-0.39, 0.29) is 5.92 Å². The van der Waals surface area contributed by atoms with Crippen molar-refractivity contribution in [2.24, 2.45) is 11.8 Å². The van der Waals surface area contributed by atoms with E-state index in [4.69, 9.17) is 23.2 Å². The Morgan fingerprint density at radius 3 is 2.55 bits per heavy atom. The summed E-state index contributed by atoms with van der Waals surface area (Å²) in [6, 6.07) is 5.51. The molecule has 0 aliphatic heterocycles. The number of Topliss-reactive ketones (excluding diaryl/α,β-unsaturated/α-hetero) is 1. The average molecular weight is 313 g/mol. The molecule has 110 valence electrons. The van der Waals surface area contributed by atoms with Crippen LogP contribution in [0.1, 0.15) is 51.0 Å². The van der Waals surface area contributed by atoms with E-state index in [9.17, 15) is 4.79 Å². The molecular weight excluding hydrogens is 291 g/mol. The fourth-order valence-corrected chi connectivity index (χ4v) is 3.59. The smallest absolute Gasteiger partial charge is 0.140 e. The number of hydrogen-bond acceptors (Lipinski definition) is 1. The lowest BCUT2D eigenvalue weighted by molar-refractivity contribution is -0.123. The molecule has 0 unspecified atom stereocenters. The molecule has 1 aromatic carbocycles. The SMILES string of the molecule is CCCC1CCC(C(=O)Cc2cccc(Cl)c2Cl)CC1. The highest BCUT2D eigenvalue weighted by Crippen LogP contribution is 2.33. The van der Waals surface area contributed by atoms with Crippen molar-refractivity contribution in [2.75, 3.05) is 0 Å². The molecule has 0 spiro atoms. The maximum absolute atomic E-state index is 12.4. The van der Waals surface area contributed by atoms with Crippen LogP contribution < -0.4 is 0 Å². The topological polar surface area (TPSA) is 17.1 Å². The average Bonchev–Trinajstić information content (AvgIpc) is 2.45. The summed E-state index contributed by atoms with van der Waals surface area (Å²) < 4.78 is 0. The lowest BCUT2D eigenvalue weighted by Crippen LogP contribution is -2.23. The van der Waals surface area contributed by atoms with E-state index in [1.165, 1.54) is 25.7 Å². The summed E-state index contributed by atoms with van der Waals surface area (Å²) in [5, 5.41) is 1.06. The van der Waals surface area contributed by atoms with Gasteiger partial charge in [-0.1, -0.05) is 55.1 Å². The minimum absolute atomic E-state index is 0.221. The van der Waals surface area contributed by atoms with Crippen molar-refractivity contribution in [2.45, 2.75) is 51.9 Å². The van der Waals surface area contributed by atoms with Crippen LogP contribution in [0.15, 0.2) is 18.2 Å². The molecule has 1 aliphatic rings. The zero-order valence-electron chi connectivity index (χ0n) is 12.0. The predicted molar refractivity (Wildman–Crippen MR) is 85.5 cm³/mol. The van der Waals surface area contributed by atoms with Gasteiger partial charge in [0, 0.05) is 12.3 Å². The highest BCUT2D eigenvalue weighted by Gasteiger charge is 2.26. The standard InChI is InChI=1S/C17H22Cl2O/c1-2-4-12-7-9-13(10-8-12)16(20)11-14-5-3-6-15(18)17(14)19/h3,5-6,12-13H,2,4,7-11H2,1H3. The number of benzene rings is 1. The van der Waals surface area contributed by atoms with Crippen LogP contribution in [0.5, 0.6) is 0 Å². The second kappa shape index (κ2) is 7.47. The second-order valence-electron chi connectivity index (χ2n) is 5.86. The number of ketones is 1. The normalized spacial score (nSPS) is 22.8. The predicted octanol–water partition coefficient (Wildman–Crippen LogP) is 5.71. The molecule has 0 amide bonds. The third-order valence-electron chi connectivity index (χ3n) is 4.40. The van der Waals surface area contributed by atoms with Crippen LogP contribution in [0.25, 0.3) is 0 Å². The van der Waals surface area contributed by atoms with Crippen molar-refractivity contribution in [3.05, 3.63) is 33.8 Å². The molecule has 0 heterocycles. The quantitative estimate of drug-likeness (QED) is 0.680. The Labute approximate surface area is 131 Å². The molecule has 0 saturated heterocycles. The maximum Gasteiger partial charge on any atom is 0.140 e. The van der Waals surface area contributed by atoms with Gasteiger partial charge in [-0.3, -0.25) is 4.79 Å². The van der Waals surface area contributed by atoms with Gasteiger partial charge in [0.2, 0.25) is 0 Å². The van der Waals surface area contributed by atoms with Crippen LogP contribution >= 0.6 is 23.2 Å². The largest absolute Gasteiger partial charge is 0.299 e. The fourth-order valence-electron chi connectivity index (χ4n) is 3.20. The zero-order chi connectivity index (χ0) is 14.5. The first-order valence-electron chi connectivity index (χ1n) is 7.57. The van der Waals surface area contributed by atoms with E-state index < -0.39 is 0 Å². The lowest BCUT2D eigenvalue weighted by atomic mass is 9.77. The molecule has 0 N–H and O–H groups in total. The molecule has 0 atom stereocenters. The molecule has 0 radical (unpaired) electrons. The van der Waals surface area contributed by atoms with Crippen LogP contribution in [-0.2, 0) is 11.2 Å². The van der Waals surface area contributed by atoms with Gasteiger partial charge in [-0.25, -0.2) is 0 Å². The molecule has 1 fully saturated rings. The van der Waals surface area contributed by atoms with Gasteiger partial charge in [0.15, 0.2) is 0 Å². The van der Waals surface area contributed by atoms with E-state index in [0.717, 1.165) is 24.3 Å². The van der Waals surface area contributed by atoms with Crippen LogP contribution in [0.3, 0.4) is 0 Å². The van der Waals surface area contributed by atoms with Gasteiger partial charge in [0.05, 0.1) is 10.0 Å². The van der Waals surface area contributed by atoms with Crippen molar-refractivity contribution >= 4 is 29.0 Å². The molecule has 2 rings (SSSR count). The monoisotopic (exact) mass is 312 g/mol. The molecule has 20 heavy (non-hydrogen) atoms. The van der Waals surface area contributed by atoms with Crippen LogP contribution in [0, 0.1) is 11.8 Å². The number of carbonyl (C=O) groups excluding carboxylic acids is 1. The van der Waals surface area contributed by atoms with Gasteiger partial charge in [-0.05, 0) is 43.2 Å². The minimum atomic E-state index is 0.221. The van der Waals surface area contributed by atoms with Crippen molar-refractivity contribution in [3.8, 4) is 0 Å². The summed E-state index contributed by atoms with van der Waals surface area (Å²) in [5.74, 6) is 1.38. The fraction of sp³-hybridized carbons (Fsp3) is 0.588. The van der Waals surface area contributed by atoms with E-state index in [0.29, 0.717) is 22.2 Å². The molecule has 3 heteroatoms. The van der Waals surface area contributed by atoms with Crippen molar-refractivity contribution in [3.63, 3.8) is 0 Å². The molecule has 0 aromatic heterocycles. The van der Waals surface area contributed by atoms with Crippen LogP contribution in [0.2, 0.25) is 10.0 Å². The minimum Gasteiger partial charge on any atom is -0.299 e. The summed E-state index contributed by atoms with van der Waals surface area (Å²) in [5.41, 5.74) is 0.861. The Balaban J connectivity index is 1.91. The third-order valence-corrected chi connectivity index (χ3v) is 5.25. The second-order valence-corrected chi connectivity index (χ2v) is 6.65. The Bertz CT molecular complexity index is 462. The summed E-state index contributed by atoms with van der Waals surface area (Å²) in [6.45, 7) is 2.23. The van der Waals surface area contributed by atoms with E-state index in [1.807, 2.05) is 12.1 Å². The highest BCUT2D eigenvalue weighted by atomic mass is 35.5. The van der Waals surface area contributed by atoms with Gasteiger partial charge in [-0.2, -0.15) is 0 Å². The number of rotatable bonds is 5. The maximum atomic E-state index is 12.4. The summed E-state index contributed by atoms with van der Waals surface area (Å²) in [6.07, 6.45) is 7.47. The highest BCUT2D eigenvalue weighted by molar-refractivity contribution is 6.42. The third kappa shape index (κ3) is 3.99. The first-order chi connectivity index (χ1) is 9.61. The van der Waals surface area contributed by atoms with Gasteiger partial charge < -0.3 is 0 Å². The van der Waals surface area contributed by atoms with Crippen LogP contribution in [-0.4, -0.2) is 5.78 Å². The molecule has 1 aromatic rings. The molecule has 0 bridgehead atoms. The summed E-state index contributed by atoms with van der Waals surface area (Å²) >= 11 is 12.2. The first-order valence-corrected chi connectivity index (χ1v) is 8.33. The molecule has 1 saturated carbocycles. The number of halogens is 2. The van der Waals surface area contributed by atoms with Gasteiger partial charge in [-0.15, -0.1) is 0 Å². The summed E-state index contributed by atoms with van der Waals surface area (Å²) in [7, 11) is 0. The molecule has 1 nitrogen and oxygen atoms in total. The molecule has 1 aliphatic carbocycles. The van der Waals surface area contributed by atoms with Crippen molar-refractivity contribution in [1.29, 1.82) is 0 Å². The van der Waals surface area contributed by atoms with E-state index >= 15 is 0 Å². The number of carbonyl (C=O) groups is 1. The van der Waals surface area contributed by atoms with E-state index in [2.05, 4.69) is 6.92 Å². The molecular formula is C17H22Cl2O. The van der Waals surface area contributed by atoms with Gasteiger partial charge in [0.1, 0.15) is 5.78 Å². The van der Waals surface area contributed by atoms with Crippen molar-refractivity contribution < 1.29 is 4.79 Å². The van der Waals surface area contributed by atoms with E-state index in [1.54, 1.807) is 6.07 Å². The van der Waals surface area contributed by atoms with Gasteiger partial charge >= 0.3 is 0 Å². The Hall–Kier alpha value is -0.530. The number of hydrogen-bond donors (Lipinski definition) is 0. The Kier molecular flexibility index (Phi) is 5.92. The van der Waals surface area contributed by atoms with Crippen LogP contribution in [0.4, 0.5) is 0 Å².